The number of nitrogens with one attached hydrogen (secondary N) is 1. The smallest absolute Gasteiger partial charge is 0.356 e. The van der Waals surface area contributed by atoms with Gasteiger partial charge in [-0.05, 0) is 24.3 Å². The molecule has 0 aliphatic heterocycles. The quantitative estimate of drug-likeness (QED) is 0.457. The van der Waals surface area contributed by atoms with Crippen LogP contribution in [0.3, 0.4) is 0 Å². The number of hydrogen-bond donors (Lipinski definition) is 2. The predicted molar refractivity (Wildman–Crippen MR) is 117 cm³/mol. The molecule has 32 heavy (non-hydrogen) atoms. The summed E-state index contributed by atoms with van der Waals surface area (Å²) in [5.41, 5.74) is 3.02. The summed E-state index contributed by atoms with van der Waals surface area (Å²) in [6.07, 6.45) is 1.64. The zero-order valence-corrected chi connectivity index (χ0v) is 17.4. The molecule has 0 saturated heterocycles. The van der Waals surface area contributed by atoms with Gasteiger partial charge < -0.3 is 19.9 Å². The number of benzene rings is 2. The van der Waals surface area contributed by atoms with Crippen LogP contribution in [0.25, 0.3) is 16.8 Å². The third-order valence-electron chi connectivity index (χ3n) is 4.90. The lowest BCUT2D eigenvalue weighted by Gasteiger charge is -2.13. The molecule has 2 N–H and O–H groups in total. The Balaban J connectivity index is 1.77. The van der Waals surface area contributed by atoms with Crippen molar-refractivity contribution < 1.29 is 19.4 Å². The van der Waals surface area contributed by atoms with E-state index in [9.17, 15) is 15.2 Å². The van der Waals surface area contributed by atoms with Crippen molar-refractivity contribution in [2.24, 2.45) is 0 Å². The lowest BCUT2D eigenvalue weighted by molar-refractivity contribution is 0.0690. The number of carboxylic acids is 1. The van der Waals surface area contributed by atoms with Crippen LogP contribution >= 0.6 is 0 Å². The number of hydrogen-bond acceptors (Lipinski definition) is 7. The summed E-state index contributed by atoms with van der Waals surface area (Å²) in [5, 5.41) is 26.0. The zero-order valence-electron chi connectivity index (χ0n) is 17.4. The summed E-state index contributed by atoms with van der Waals surface area (Å²) in [4.78, 5) is 16.1. The van der Waals surface area contributed by atoms with Gasteiger partial charge in [0.1, 0.15) is 17.0 Å². The Bertz CT molecular complexity index is 1360. The SMILES string of the molecule is COc1ccc(CNc2nc(-c3cccc(C#N)c3)cn3nc(C(=O)O)cc23)c(OC)c1. The second-order valence-electron chi connectivity index (χ2n) is 6.86. The summed E-state index contributed by atoms with van der Waals surface area (Å²) in [7, 11) is 3.16. The van der Waals surface area contributed by atoms with Gasteiger partial charge in [-0.3, -0.25) is 0 Å². The molecule has 4 aromatic rings. The average molecular weight is 429 g/mol. The third-order valence-corrected chi connectivity index (χ3v) is 4.90. The number of aromatic carboxylic acids is 1. The molecule has 4 rings (SSSR count). The molecule has 0 amide bonds. The van der Waals surface area contributed by atoms with Crippen molar-refractivity contribution in [1.29, 1.82) is 5.26 Å². The highest BCUT2D eigenvalue weighted by Crippen LogP contribution is 2.28. The van der Waals surface area contributed by atoms with Gasteiger partial charge in [-0.2, -0.15) is 10.4 Å². The van der Waals surface area contributed by atoms with Crippen molar-refractivity contribution in [3.63, 3.8) is 0 Å². The molecule has 0 unspecified atom stereocenters. The van der Waals surface area contributed by atoms with Gasteiger partial charge in [-0.1, -0.05) is 12.1 Å². The molecule has 9 heteroatoms. The van der Waals surface area contributed by atoms with Crippen molar-refractivity contribution in [2.45, 2.75) is 6.54 Å². The highest BCUT2D eigenvalue weighted by atomic mass is 16.5. The molecule has 160 valence electrons. The van der Waals surface area contributed by atoms with Crippen LogP contribution in [-0.4, -0.2) is 39.9 Å². The van der Waals surface area contributed by atoms with Crippen LogP contribution in [0.15, 0.2) is 54.7 Å². The lowest BCUT2D eigenvalue weighted by atomic mass is 10.1. The van der Waals surface area contributed by atoms with E-state index in [2.05, 4.69) is 21.5 Å². The number of fused-ring (bicyclic) bond motifs is 1. The second kappa shape index (κ2) is 8.65. The molecule has 0 fully saturated rings. The van der Waals surface area contributed by atoms with Crippen LogP contribution in [0.4, 0.5) is 5.82 Å². The van der Waals surface area contributed by atoms with E-state index in [1.807, 2.05) is 18.2 Å². The average Bonchev–Trinajstić information content (AvgIpc) is 3.27. The van der Waals surface area contributed by atoms with Crippen molar-refractivity contribution in [3.8, 4) is 28.8 Å². The minimum absolute atomic E-state index is 0.0974. The molecule has 0 aliphatic carbocycles. The maximum atomic E-state index is 11.5. The number of carboxylic acid groups (broad SMARTS) is 1. The Kier molecular flexibility index (Phi) is 5.59. The standard InChI is InChI=1S/C23H19N5O4/c1-31-17-7-6-16(21(9-17)32-2)12-25-22-20-10-18(23(29)30)27-28(20)13-19(26-22)15-5-3-4-14(8-15)11-24/h3-10,13H,12H2,1-2H3,(H,25,26)(H,29,30). The molecule has 0 saturated carbocycles. The first-order valence-corrected chi connectivity index (χ1v) is 9.61. The Morgan fingerprint density at radius 3 is 2.75 bits per heavy atom. The van der Waals surface area contributed by atoms with Gasteiger partial charge in [0.15, 0.2) is 11.5 Å². The van der Waals surface area contributed by atoms with Crippen LogP contribution in [0.1, 0.15) is 21.6 Å². The highest BCUT2D eigenvalue weighted by Gasteiger charge is 2.16. The molecule has 0 radical (unpaired) electrons. The fourth-order valence-corrected chi connectivity index (χ4v) is 3.29. The minimum Gasteiger partial charge on any atom is -0.497 e. The van der Waals surface area contributed by atoms with Gasteiger partial charge >= 0.3 is 5.97 Å². The van der Waals surface area contributed by atoms with Crippen LogP contribution < -0.4 is 14.8 Å². The molecular formula is C23H19N5O4. The Morgan fingerprint density at radius 1 is 1.19 bits per heavy atom. The Hall–Kier alpha value is -4.58. The largest absolute Gasteiger partial charge is 0.497 e. The number of aromatic nitrogens is 3. The van der Waals surface area contributed by atoms with Gasteiger partial charge in [-0.25, -0.2) is 14.3 Å². The number of methoxy groups -OCH3 is 2. The van der Waals surface area contributed by atoms with E-state index in [0.29, 0.717) is 46.2 Å². The number of carbonyl (C=O) groups is 1. The summed E-state index contributed by atoms with van der Waals surface area (Å²) < 4.78 is 12.2. The Morgan fingerprint density at radius 2 is 2.03 bits per heavy atom. The first-order valence-electron chi connectivity index (χ1n) is 9.61. The number of nitrogens with zero attached hydrogens (tertiary/aromatic N) is 4. The molecule has 0 spiro atoms. The molecule has 2 aromatic heterocycles. The third kappa shape index (κ3) is 4.02. The van der Waals surface area contributed by atoms with E-state index in [4.69, 9.17) is 9.47 Å². The van der Waals surface area contributed by atoms with Crippen molar-refractivity contribution >= 4 is 17.3 Å². The monoisotopic (exact) mass is 429 g/mol. The zero-order chi connectivity index (χ0) is 22.7. The second-order valence-corrected chi connectivity index (χ2v) is 6.86. The first kappa shape index (κ1) is 20.7. The van der Waals surface area contributed by atoms with Crippen molar-refractivity contribution in [3.05, 3.63) is 71.5 Å². The van der Waals surface area contributed by atoms with Crippen LogP contribution in [0.2, 0.25) is 0 Å². The maximum Gasteiger partial charge on any atom is 0.356 e. The molecule has 2 aromatic carbocycles. The maximum absolute atomic E-state index is 11.5. The molecular weight excluding hydrogens is 410 g/mol. The van der Waals surface area contributed by atoms with Gasteiger partial charge in [0.2, 0.25) is 0 Å². The molecule has 2 heterocycles. The van der Waals surface area contributed by atoms with Crippen LogP contribution in [0.5, 0.6) is 11.5 Å². The van der Waals surface area contributed by atoms with Crippen LogP contribution in [-0.2, 0) is 6.54 Å². The summed E-state index contributed by atoms with van der Waals surface area (Å²) in [6, 6.07) is 16.1. The fourth-order valence-electron chi connectivity index (χ4n) is 3.29. The van der Waals surface area contributed by atoms with E-state index < -0.39 is 5.97 Å². The van der Waals surface area contributed by atoms with E-state index in [1.54, 1.807) is 44.7 Å². The molecule has 0 aliphatic rings. The van der Waals surface area contributed by atoms with Gasteiger partial charge in [0.05, 0.1) is 37.7 Å². The van der Waals surface area contributed by atoms with Crippen LogP contribution in [0, 0.1) is 11.3 Å². The number of anilines is 1. The number of nitriles is 1. The number of rotatable bonds is 7. The predicted octanol–water partition coefficient (Wildman–Crippen LogP) is 3.60. The van der Waals surface area contributed by atoms with E-state index in [-0.39, 0.29) is 5.69 Å². The molecule has 9 nitrogen and oxygen atoms in total. The summed E-state index contributed by atoms with van der Waals surface area (Å²) in [6.45, 7) is 0.366. The normalized spacial score (nSPS) is 10.5. The highest BCUT2D eigenvalue weighted by molar-refractivity contribution is 5.88. The van der Waals surface area contributed by atoms with E-state index in [0.717, 1.165) is 5.56 Å². The van der Waals surface area contributed by atoms with E-state index in [1.165, 1.54) is 10.6 Å². The van der Waals surface area contributed by atoms with E-state index >= 15 is 0 Å². The molecule has 0 bridgehead atoms. The minimum atomic E-state index is -1.13. The van der Waals surface area contributed by atoms with Gasteiger partial charge in [-0.15, -0.1) is 0 Å². The van der Waals surface area contributed by atoms with Gasteiger partial charge in [0.25, 0.3) is 0 Å². The molecule has 0 atom stereocenters. The Labute approximate surface area is 183 Å². The first-order chi connectivity index (χ1) is 15.5. The summed E-state index contributed by atoms with van der Waals surface area (Å²) in [5.74, 6) is 0.630. The van der Waals surface area contributed by atoms with Crippen molar-refractivity contribution in [2.75, 3.05) is 19.5 Å². The lowest BCUT2D eigenvalue weighted by Crippen LogP contribution is -2.06. The topological polar surface area (TPSA) is 122 Å². The number of ether oxygens (including phenoxy) is 2. The fraction of sp³-hybridized carbons (Fsp3) is 0.130. The summed E-state index contributed by atoms with van der Waals surface area (Å²) >= 11 is 0. The van der Waals surface area contributed by atoms with Gasteiger partial charge in [0, 0.05) is 29.8 Å². The van der Waals surface area contributed by atoms with Crippen molar-refractivity contribution in [1.82, 2.24) is 14.6 Å².